The van der Waals surface area contributed by atoms with Crippen LogP contribution in [0.2, 0.25) is 0 Å². The third-order valence-corrected chi connectivity index (χ3v) is 7.07. The van der Waals surface area contributed by atoms with Crippen molar-refractivity contribution in [2.45, 2.75) is 11.3 Å². The Morgan fingerprint density at radius 2 is 1.86 bits per heavy atom. The number of piperazine rings is 1. The molecule has 2 fully saturated rings. The van der Waals surface area contributed by atoms with Crippen molar-refractivity contribution >= 4 is 21.8 Å². The van der Waals surface area contributed by atoms with Gasteiger partial charge in [0.2, 0.25) is 21.8 Å². The predicted molar refractivity (Wildman–Crippen MR) is 103 cm³/mol. The second kappa shape index (κ2) is 8.32. The van der Waals surface area contributed by atoms with Gasteiger partial charge in [0.25, 0.3) is 0 Å². The molecule has 2 aliphatic rings. The zero-order chi connectivity index (χ0) is 20.3. The molecule has 1 unspecified atom stereocenters. The standard InChI is InChI=1S/C19H25N3O5S/c1-3-8-21-14-15(13-18(21)23)19(24)20-9-11-22(12-10-20)28(25,26)17-6-4-16(27-2)5-7-17/h3-7,15H,1,8-14H2,2H3. The van der Waals surface area contributed by atoms with Gasteiger partial charge in [-0.2, -0.15) is 4.31 Å². The van der Waals surface area contributed by atoms with E-state index in [4.69, 9.17) is 4.74 Å². The van der Waals surface area contributed by atoms with Crippen LogP contribution < -0.4 is 4.74 Å². The van der Waals surface area contributed by atoms with Crippen molar-refractivity contribution in [3.05, 3.63) is 36.9 Å². The van der Waals surface area contributed by atoms with Crippen molar-refractivity contribution in [2.75, 3.05) is 46.4 Å². The highest BCUT2D eigenvalue weighted by atomic mass is 32.2. The Morgan fingerprint density at radius 1 is 1.21 bits per heavy atom. The maximum atomic E-state index is 12.8. The van der Waals surface area contributed by atoms with Crippen molar-refractivity contribution < 1.29 is 22.7 Å². The molecule has 3 rings (SSSR count). The van der Waals surface area contributed by atoms with Gasteiger partial charge < -0.3 is 14.5 Å². The van der Waals surface area contributed by atoms with Crippen LogP contribution in [0.25, 0.3) is 0 Å². The number of amides is 2. The summed E-state index contributed by atoms with van der Waals surface area (Å²) < 4.78 is 32.0. The number of sulfonamides is 1. The van der Waals surface area contributed by atoms with Gasteiger partial charge in [-0.3, -0.25) is 9.59 Å². The minimum atomic E-state index is -3.61. The maximum Gasteiger partial charge on any atom is 0.243 e. The van der Waals surface area contributed by atoms with E-state index in [9.17, 15) is 18.0 Å². The minimum absolute atomic E-state index is 0.0426. The molecule has 0 bridgehead atoms. The summed E-state index contributed by atoms with van der Waals surface area (Å²) in [6.45, 7) is 5.57. The molecular weight excluding hydrogens is 382 g/mol. The number of methoxy groups -OCH3 is 1. The lowest BCUT2D eigenvalue weighted by atomic mass is 10.1. The SMILES string of the molecule is C=CCN1CC(C(=O)N2CCN(S(=O)(=O)c3ccc(OC)cc3)CC2)CC1=O. The van der Waals surface area contributed by atoms with E-state index < -0.39 is 10.0 Å². The van der Waals surface area contributed by atoms with Gasteiger partial charge in [-0.1, -0.05) is 6.08 Å². The van der Waals surface area contributed by atoms with Gasteiger partial charge in [-0.15, -0.1) is 6.58 Å². The van der Waals surface area contributed by atoms with E-state index in [0.717, 1.165) is 0 Å². The number of benzene rings is 1. The average molecular weight is 407 g/mol. The molecule has 2 saturated heterocycles. The Labute approximate surface area is 165 Å². The third kappa shape index (κ3) is 4.05. The molecule has 0 N–H and O–H groups in total. The largest absolute Gasteiger partial charge is 0.497 e. The Hall–Kier alpha value is -2.39. The first-order valence-electron chi connectivity index (χ1n) is 9.18. The van der Waals surface area contributed by atoms with Gasteiger partial charge in [-0.25, -0.2) is 8.42 Å². The number of carbonyl (C=O) groups is 2. The van der Waals surface area contributed by atoms with Gasteiger partial charge in [0.05, 0.1) is 17.9 Å². The molecule has 0 radical (unpaired) electrons. The Morgan fingerprint density at radius 3 is 2.43 bits per heavy atom. The van der Waals surface area contributed by atoms with Gasteiger partial charge in [0.1, 0.15) is 5.75 Å². The fourth-order valence-corrected chi connectivity index (χ4v) is 5.00. The molecular formula is C19H25N3O5S. The summed E-state index contributed by atoms with van der Waals surface area (Å²) in [6.07, 6.45) is 1.85. The molecule has 2 heterocycles. The van der Waals surface area contributed by atoms with E-state index in [1.54, 1.807) is 28.0 Å². The molecule has 1 aromatic rings. The molecule has 0 aliphatic carbocycles. The van der Waals surface area contributed by atoms with Crippen LogP contribution in [0.15, 0.2) is 41.8 Å². The average Bonchev–Trinajstić information content (AvgIpc) is 3.08. The highest BCUT2D eigenvalue weighted by Gasteiger charge is 2.38. The number of likely N-dealkylation sites (tertiary alicyclic amines) is 1. The monoisotopic (exact) mass is 407 g/mol. The van der Waals surface area contributed by atoms with Crippen LogP contribution in [0.4, 0.5) is 0 Å². The minimum Gasteiger partial charge on any atom is -0.497 e. The van der Waals surface area contributed by atoms with Gasteiger partial charge in [-0.05, 0) is 24.3 Å². The van der Waals surface area contributed by atoms with Crippen LogP contribution in [-0.4, -0.2) is 80.7 Å². The lowest BCUT2D eigenvalue weighted by Gasteiger charge is -2.35. The highest BCUT2D eigenvalue weighted by molar-refractivity contribution is 7.89. The van der Waals surface area contributed by atoms with Crippen LogP contribution in [0.3, 0.4) is 0 Å². The molecule has 152 valence electrons. The number of hydrogen-bond acceptors (Lipinski definition) is 5. The molecule has 8 nitrogen and oxygen atoms in total. The molecule has 28 heavy (non-hydrogen) atoms. The summed E-state index contributed by atoms with van der Waals surface area (Å²) in [7, 11) is -2.09. The first-order chi connectivity index (χ1) is 13.4. The topological polar surface area (TPSA) is 87.2 Å². The lowest BCUT2D eigenvalue weighted by molar-refractivity contribution is -0.137. The van der Waals surface area contributed by atoms with Crippen molar-refractivity contribution in [1.82, 2.24) is 14.1 Å². The summed E-state index contributed by atoms with van der Waals surface area (Å²) in [5.41, 5.74) is 0. The van der Waals surface area contributed by atoms with E-state index in [-0.39, 0.29) is 42.1 Å². The number of nitrogens with zero attached hydrogens (tertiary/aromatic N) is 3. The van der Waals surface area contributed by atoms with E-state index in [1.165, 1.54) is 23.5 Å². The second-order valence-corrected chi connectivity index (χ2v) is 8.83. The number of rotatable bonds is 6. The fraction of sp³-hybridized carbons (Fsp3) is 0.474. The van der Waals surface area contributed by atoms with Crippen molar-refractivity contribution in [3.8, 4) is 5.75 Å². The quantitative estimate of drug-likeness (QED) is 0.643. The van der Waals surface area contributed by atoms with Crippen LogP contribution in [0, 0.1) is 5.92 Å². The smallest absolute Gasteiger partial charge is 0.243 e. The summed E-state index contributed by atoms with van der Waals surface area (Å²) >= 11 is 0. The first-order valence-corrected chi connectivity index (χ1v) is 10.6. The Balaban J connectivity index is 1.60. The van der Waals surface area contributed by atoms with E-state index in [2.05, 4.69) is 6.58 Å². The molecule has 0 saturated carbocycles. The van der Waals surface area contributed by atoms with Crippen LogP contribution >= 0.6 is 0 Å². The molecule has 2 aliphatic heterocycles. The third-order valence-electron chi connectivity index (χ3n) is 5.16. The Bertz CT molecular complexity index is 845. The predicted octanol–water partition coefficient (Wildman–Crippen LogP) is 0.563. The second-order valence-electron chi connectivity index (χ2n) is 6.89. The molecule has 1 atom stereocenters. The summed E-state index contributed by atoms with van der Waals surface area (Å²) in [6, 6.07) is 6.26. The highest BCUT2D eigenvalue weighted by Crippen LogP contribution is 2.23. The van der Waals surface area contributed by atoms with Crippen LogP contribution in [0.5, 0.6) is 5.75 Å². The maximum absolute atomic E-state index is 12.8. The summed E-state index contributed by atoms with van der Waals surface area (Å²) in [5, 5.41) is 0. The zero-order valence-electron chi connectivity index (χ0n) is 15.9. The van der Waals surface area contributed by atoms with Crippen LogP contribution in [0.1, 0.15) is 6.42 Å². The zero-order valence-corrected chi connectivity index (χ0v) is 16.7. The van der Waals surface area contributed by atoms with Crippen molar-refractivity contribution in [1.29, 1.82) is 0 Å². The summed E-state index contributed by atoms with van der Waals surface area (Å²) in [5.74, 6) is 0.101. The van der Waals surface area contributed by atoms with Crippen LogP contribution in [-0.2, 0) is 19.6 Å². The summed E-state index contributed by atoms with van der Waals surface area (Å²) in [4.78, 5) is 28.2. The van der Waals surface area contributed by atoms with E-state index in [0.29, 0.717) is 31.9 Å². The Kier molecular flexibility index (Phi) is 6.04. The normalized spacial score (nSPS) is 21.0. The molecule has 9 heteroatoms. The molecule has 0 spiro atoms. The van der Waals surface area contributed by atoms with Gasteiger partial charge in [0.15, 0.2) is 0 Å². The number of carbonyl (C=O) groups excluding carboxylic acids is 2. The van der Waals surface area contributed by atoms with Crippen molar-refractivity contribution in [3.63, 3.8) is 0 Å². The lowest BCUT2D eigenvalue weighted by Crippen LogP contribution is -2.52. The molecule has 2 amide bonds. The van der Waals surface area contributed by atoms with E-state index in [1.807, 2.05) is 0 Å². The first kappa shape index (κ1) is 20.3. The fourth-order valence-electron chi connectivity index (χ4n) is 3.57. The number of hydrogen-bond donors (Lipinski definition) is 0. The van der Waals surface area contributed by atoms with Gasteiger partial charge in [0, 0.05) is 45.7 Å². The van der Waals surface area contributed by atoms with Gasteiger partial charge >= 0.3 is 0 Å². The molecule has 1 aromatic carbocycles. The number of ether oxygens (including phenoxy) is 1. The van der Waals surface area contributed by atoms with E-state index >= 15 is 0 Å². The molecule has 0 aromatic heterocycles. The van der Waals surface area contributed by atoms with Crippen molar-refractivity contribution in [2.24, 2.45) is 5.92 Å².